The van der Waals surface area contributed by atoms with Crippen molar-refractivity contribution in [2.45, 2.75) is 13.8 Å². The molecule has 1 aromatic carbocycles. The van der Waals surface area contributed by atoms with Crippen LogP contribution in [-0.4, -0.2) is 37.5 Å². The average molecular weight is 220 g/mol. The molecule has 0 spiro atoms. The molecule has 0 bridgehead atoms. The maximum absolute atomic E-state index is 11.7. The summed E-state index contributed by atoms with van der Waals surface area (Å²) in [5.41, 5.74) is 1.90. The van der Waals surface area contributed by atoms with E-state index < -0.39 is 0 Å². The minimum atomic E-state index is 0.00417. The van der Waals surface area contributed by atoms with Gasteiger partial charge in [-0.1, -0.05) is 24.6 Å². The molecule has 0 aromatic heterocycles. The summed E-state index contributed by atoms with van der Waals surface area (Å²) in [6.07, 6.45) is 0. The van der Waals surface area contributed by atoms with Crippen LogP contribution < -0.4 is 5.32 Å². The zero-order valence-corrected chi connectivity index (χ0v) is 10.3. The van der Waals surface area contributed by atoms with Crippen LogP contribution in [0.2, 0.25) is 0 Å². The molecule has 0 heterocycles. The maximum atomic E-state index is 11.7. The molecule has 3 nitrogen and oxygen atoms in total. The van der Waals surface area contributed by atoms with E-state index in [0.29, 0.717) is 6.54 Å². The van der Waals surface area contributed by atoms with Crippen molar-refractivity contribution in [2.24, 2.45) is 0 Å². The maximum Gasteiger partial charge on any atom is 0.251 e. The molecule has 0 saturated carbocycles. The van der Waals surface area contributed by atoms with Crippen LogP contribution in [0.5, 0.6) is 0 Å². The number of carbonyl (C=O) groups excluding carboxylic acids is 1. The molecule has 88 valence electrons. The van der Waals surface area contributed by atoms with Crippen LogP contribution >= 0.6 is 0 Å². The van der Waals surface area contributed by atoms with Crippen molar-refractivity contribution in [2.75, 3.05) is 26.7 Å². The minimum Gasteiger partial charge on any atom is -0.351 e. The van der Waals surface area contributed by atoms with E-state index >= 15 is 0 Å². The van der Waals surface area contributed by atoms with Crippen molar-refractivity contribution in [3.05, 3.63) is 35.4 Å². The van der Waals surface area contributed by atoms with Gasteiger partial charge in [-0.25, -0.2) is 0 Å². The molecule has 1 N–H and O–H groups in total. The Kier molecular flexibility index (Phi) is 4.99. The Hall–Kier alpha value is -1.35. The van der Waals surface area contributed by atoms with Gasteiger partial charge in [-0.05, 0) is 32.6 Å². The highest BCUT2D eigenvalue weighted by molar-refractivity contribution is 5.94. The van der Waals surface area contributed by atoms with E-state index in [9.17, 15) is 4.79 Å². The van der Waals surface area contributed by atoms with Gasteiger partial charge in [-0.3, -0.25) is 4.79 Å². The minimum absolute atomic E-state index is 0.00417. The third-order valence-electron chi connectivity index (χ3n) is 2.63. The Balaban J connectivity index is 2.38. The summed E-state index contributed by atoms with van der Waals surface area (Å²) >= 11 is 0. The number of hydrogen-bond donors (Lipinski definition) is 1. The van der Waals surface area contributed by atoms with Gasteiger partial charge in [0.1, 0.15) is 0 Å². The van der Waals surface area contributed by atoms with Crippen LogP contribution in [0.25, 0.3) is 0 Å². The van der Waals surface area contributed by atoms with Gasteiger partial charge in [0.15, 0.2) is 0 Å². The smallest absolute Gasteiger partial charge is 0.251 e. The number of amides is 1. The Bertz CT molecular complexity index is 332. The van der Waals surface area contributed by atoms with Crippen molar-refractivity contribution in [3.63, 3.8) is 0 Å². The molecule has 0 atom stereocenters. The van der Waals surface area contributed by atoms with E-state index in [1.165, 1.54) is 5.56 Å². The SMILES string of the molecule is CCN(C)CCNC(=O)c1ccc(C)cc1. The second-order valence-corrected chi connectivity index (χ2v) is 4.02. The molecule has 0 aliphatic heterocycles. The van der Waals surface area contributed by atoms with Gasteiger partial charge in [0.05, 0.1) is 0 Å². The van der Waals surface area contributed by atoms with E-state index in [1.807, 2.05) is 38.2 Å². The number of aryl methyl sites for hydroxylation is 1. The van der Waals surface area contributed by atoms with Crippen LogP contribution in [0.15, 0.2) is 24.3 Å². The first-order chi connectivity index (χ1) is 7.63. The summed E-state index contributed by atoms with van der Waals surface area (Å²) in [6, 6.07) is 7.61. The quantitative estimate of drug-likeness (QED) is 0.818. The van der Waals surface area contributed by atoms with Gasteiger partial charge in [0.25, 0.3) is 5.91 Å². The zero-order chi connectivity index (χ0) is 12.0. The summed E-state index contributed by atoms with van der Waals surface area (Å²) < 4.78 is 0. The molecule has 0 aliphatic carbocycles. The number of nitrogens with zero attached hydrogens (tertiary/aromatic N) is 1. The molecule has 1 rings (SSSR count). The lowest BCUT2D eigenvalue weighted by Gasteiger charge is -2.13. The van der Waals surface area contributed by atoms with E-state index in [-0.39, 0.29) is 5.91 Å². The van der Waals surface area contributed by atoms with Crippen LogP contribution in [0.3, 0.4) is 0 Å². The van der Waals surface area contributed by atoms with Gasteiger partial charge in [0.2, 0.25) is 0 Å². The molecule has 1 aromatic rings. The lowest BCUT2D eigenvalue weighted by Crippen LogP contribution is -2.32. The summed E-state index contributed by atoms with van der Waals surface area (Å²) in [7, 11) is 2.04. The first kappa shape index (κ1) is 12.7. The predicted octanol–water partition coefficient (Wildman–Crippen LogP) is 1.68. The predicted molar refractivity (Wildman–Crippen MR) is 66.7 cm³/mol. The number of carbonyl (C=O) groups is 1. The van der Waals surface area contributed by atoms with Crippen molar-refractivity contribution < 1.29 is 4.79 Å². The fraction of sp³-hybridized carbons (Fsp3) is 0.462. The van der Waals surface area contributed by atoms with Gasteiger partial charge in [0, 0.05) is 18.7 Å². The van der Waals surface area contributed by atoms with Gasteiger partial charge in [-0.15, -0.1) is 0 Å². The van der Waals surface area contributed by atoms with Gasteiger partial charge < -0.3 is 10.2 Å². The largest absolute Gasteiger partial charge is 0.351 e. The highest BCUT2D eigenvalue weighted by Gasteiger charge is 2.04. The molecule has 3 heteroatoms. The molecular weight excluding hydrogens is 200 g/mol. The number of hydrogen-bond acceptors (Lipinski definition) is 2. The summed E-state index contributed by atoms with van der Waals surface area (Å²) in [5, 5.41) is 2.90. The first-order valence-corrected chi connectivity index (χ1v) is 5.67. The lowest BCUT2D eigenvalue weighted by atomic mass is 10.1. The van der Waals surface area contributed by atoms with E-state index in [2.05, 4.69) is 17.1 Å². The topological polar surface area (TPSA) is 32.3 Å². The molecule has 0 aliphatic rings. The Labute approximate surface area is 97.5 Å². The van der Waals surface area contributed by atoms with Gasteiger partial charge in [-0.2, -0.15) is 0 Å². The number of likely N-dealkylation sites (N-methyl/N-ethyl adjacent to an activating group) is 1. The van der Waals surface area contributed by atoms with Crippen LogP contribution in [0.4, 0.5) is 0 Å². The summed E-state index contributed by atoms with van der Waals surface area (Å²) in [6.45, 7) is 6.69. The average Bonchev–Trinajstić information content (AvgIpc) is 2.29. The third-order valence-corrected chi connectivity index (χ3v) is 2.63. The third kappa shape index (κ3) is 4.03. The standard InChI is InChI=1S/C13H20N2O/c1-4-15(3)10-9-14-13(16)12-7-5-11(2)6-8-12/h5-8H,4,9-10H2,1-3H3,(H,14,16). The normalized spacial score (nSPS) is 10.5. The molecule has 0 radical (unpaired) electrons. The molecule has 0 saturated heterocycles. The number of benzene rings is 1. The monoisotopic (exact) mass is 220 g/mol. The number of nitrogens with one attached hydrogen (secondary N) is 1. The van der Waals surface area contributed by atoms with Crippen molar-refractivity contribution in [1.29, 1.82) is 0 Å². The highest BCUT2D eigenvalue weighted by Crippen LogP contribution is 2.02. The molecule has 16 heavy (non-hydrogen) atoms. The highest BCUT2D eigenvalue weighted by atomic mass is 16.1. The second kappa shape index (κ2) is 6.28. The second-order valence-electron chi connectivity index (χ2n) is 4.02. The Morgan fingerprint density at radius 3 is 2.50 bits per heavy atom. The lowest BCUT2D eigenvalue weighted by molar-refractivity contribution is 0.0950. The number of rotatable bonds is 5. The first-order valence-electron chi connectivity index (χ1n) is 5.67. The van der Waals surface area contributed by atoms with Crippen LogP contribution in [0.1, 0.15) is 22.8 Å². The Morgan fingerprint density at radius 2 is 1.94 bits per heavy atom. The van der Waals surface area contributed by atoms with Gasteiger partial charge >= 0.3 is 0 Å². The van der Waals surface area contributed by atoms with E-state index in [0.717, 1.165) is 18.7 Å². The summed E-state index contributed by atoms with van der Waals surface area (Å²) in [4.78, 5) is 13.9. The zero-order valence-electron chi connectivity index (χ0n) is 10.3. The Morgan fingerprint density at radius 1 is 1.31 bits per heavy atom. The molecule has 0 fully saturated rings. The molecule has 1 amide bonds. The molecular formula is C13H20N2O. The van der Waals surface area contributed by atoms with Crippen LogP contribution in [0, 0.1) is 6.92 Å². The van der Waals surface area contributed by atoms with Crippen molar-refractivity contribution in [1.82, 2.24) is 10.2 Å². The fourth-order valence-corrected chi connectivity index (χ4v) is 1.33. The van der Waals surface area contributed by atoms with Crippen molar-refractivity contribution in [3.8, 4) is 0 Å². The fourth-order valence-electron chi connectivity index (χ4n) is 1.33. The summed E-state index contributed by atoms with van der Waals surface area (Å²) in [5.74, 6) is 0.00417. The van der Waals surface area contributed by atoms with Crippen molar-refractivity contribution >= 4 is 5.91 Å². The van der Waals surface area contributed by atoms with E-state index in [4.69, 9.17) is 0 Å². The molecule has 0 unspecified atom stereocenters. The van der Waals surface area contributed by atoms with E-state index in [1.54, 1.807) is 0 Å². The van der Waals surface area contributed by atoms with Crippen LogP contribution in [-0.2, 0) is 0 Å².